The summed E-state index contributed by atoms with van der Waals surface area (Å²) in [4.78, 5) is 0. The number of hydrogen-bond acceptors (Lipinski definition) is 2. The highest BCUT2D eigenvalue weighted by molar-refractivity contribution is 4.88. The first-order valence-electron chi connectivity index (χ1n) is 4.47. The van der Waals surface area contributed by atoms with Crippen LogP contribution in [0, 0.1) is 5.92 Å². The fraction of sp³-hybridized carbons (Fsp3) is 1.00. The van der Waals surface area contributed by atoms with Crippen LogP contribution in [0.15, 0.2) is 0 Å². The number of nitrogens with one attached hydrogen (secondary N) is 1. The van der Waals surface area contributed by atoms with E-state index >= 15 is 0 Å². The molecule has 0 saturated carbocycles. The van der Waals surface area contributed by atoms with Gasteiger partial charge in [0.2, 0.25) is 0 Å². The molecule has 1 aliphatic heterocycles. The molecule has 0 aromatic heterocycles. The summed E-state index contributed by atoms with van der Waals surface area (Å²) in [6, 6.07) is 0. The van der Waals surface area contributed by atoms with Gasteiger partial charge in [-0.05, 0) is 31.8 Å². The molecule has 1 N–H and O–H groups in total. The molecule has 2 nitrogen and oxygen atoms in total. The molecule has 0 amide bonds. The second kappa shape index (κ2) is 3.55. The molecular weight excluding hydrogens is 138 g/mol. The number of ether oxygens (including phenoxy) is 1. The Bertz CT molecular complexity index is 117. The Morgan fingerprint density at radius 2 is 1.82 bits per heavy atom. The number of methoxy groups -OCH3 is 1. The fourth-order valence-corrected chi connectivity index (χ4v) is 1.87. The maximum absolute atomic E-state index is 5.60. The molecule has 0 bridgehead atoms. The van der Waals surface area contributed by atoms with Crippen LogP contribution in [0.4, 0.5) is 0 Å². The molecule has 0 spiro atoms. The van der Waals surface area contributed by atoms with Gasteiger partial charge >= 0.3 is 0 Å². The second-order valence-corrected chi connectivity index (χ2v) is 3.67. The zero-order valence-electron chi connectivity index (χ0n) is 7.81. The molecule has 1 aliphatic rings. The van der Waals surface area contributed by atoms with Gasteiger partial charge in [0.25, 0.3) is 0 Å². The average Bonchev–Trinajstić information content (AvgIpc) is 2.05. The summed E-state index contributed by atoms with van der Waals surface area (Å²) < 4.78 is 5.60. The first kappa shape index (κ1) is 9.01. The smallest absolute Gasteiger partial charge is 0.0725 e. The summed E-state index contributed by atoms with van der Waals surface area (Å²) in [5.41, 5.74) is 0.158. The Morgan fingerprint density at radius 3 is 2.09 bits per heavy atom. The van der Waals surface area contributed by atoms with Crippen molar-refractivity contribution in [3.63, 3.8) is 0 Å². The van der Waals surface area contributed by atoms with Crippen LogP contribution >= 0.6 is 0 Å². The van der Waals surface area contributed by atoms with Crippen molar-refractivity contribution in [3.8, 4) is 0 Å². The molecule has 1 saturated heterocycles. The molecular formula is C9H19NO. The van der Waals surface area contributed by atoms with Gasteiger partial charge < -0.3 is 10.1 Å². The maximum Gasteiger partial charge on any atom is 0.0725 e. The highest BCUT2D eigenvalue weighted by atomic mass is 16.5. The monoisotopic (exact) mass is 157 g/mol. The van der Waals surface area contributed by atoms with Gasteiger partial charge in [-0.2, -0.15) is 0 Å². The lowest BCUT2D eigenvalue weighted by atomic mass is 9.82. The van der Waals surface area contributed by atoms with Crippen LogP contribution in [0.1, 0.15) is 26.7 Å². The lowest BCUT2D eigenvalue weighted by Crippen LogP contribution is -2.47. The zero-order chi connectivity index (χ0) is 8.32. The van der Waals surface area contributed by atoms with Crippen LogP contribution in [-0.4, -0.2) is 25.8 Å². The molecule has 0 aromatic carbocycles. The minimum absolute atomic E-state index is 0.158. The molecule has 0 radical (unpaired) electrons. The van der Waals surface area contributed by atoms with Gasteiger partial charge in [-0.1, -0.05) is 13.8 Å². The molecule has 1 rings (SSSR count). The Hall–Kier alpha value is -0.0800. The maximum atomic E-state index is 5.60. The first-order valence-corrected chi connectivity index (χ1v) is 4.47. The Kier molecular flexibility index (Phi) is 2.90. The van der Waals surface area contributed by atoms with E-state index in [9.17, 15) is 0 Å². The number of piperidine rings is 1. The summed E-state index contributed by atoms with van der Waals surface area (Å²) in [5, 5.41) is 3.35. The topological polar surface area (TPSA) is 21.3 Å². The van der Waals surface area contributed by atoms with E-state index in [2.05, 4.69) is 19.2 Å². The molecule has 1 heterocycles. The summed E-state index contributed by atoms with van der Waals surface area (Å²) >= 11 is 0. The highest BCUT2D eigenvalue weighted by Gasteiger charge is 2.34. The highest BCUT2D eigenvalue weighted by Crippen LogP contribution is 2.30. The van der Waals surface area contributed by atoms with Crippen LogP contribution in [0.3, 0.4) is 0 Å². The number of rotatable bonds is 2. The Labute approximate surface area is 69.3 Å². The van der Waals surface area contributed by atoms with Crippen molar-refractivity contribution >= 4 is 0 Å². The number of hydrogen-bond donors (Lipinski definition) is 1. The van der Waals surface area contributed by atoms with Crippen LogP contribution in [-0.2, 0) is 4.74 Å². The molecule has 0 aliphatic carbocycles. The Balaban J connectivity index is 2.57. The third kappa shape index (κ3) is 1.74. The van der Waals surface area contributed by atoms with E-state index in [1.54, 1.807) is 0 Å². The molecule has 0 atom stereocenters. The van der Waals surface area contributed by atoms with Gasteiger partial charge in [-0.25, -0.2) is 0 Å². The van der Waals surface area contributed by atoms with Gasteiger partial charge in [0.15, 0.2) is 0 Å². The minimum Gasteiger partial charge on any atom is -0.378 e. The van der Waals surface area contributed by atoms with Crippen molar-refractivity contribution in [2.75, 3.05) is 20.2 Å². The van der Waals surface area contributed by atoms with Crippen LogP contribution in [0.2, 0.25) is 0 Å². The summed E-state index contributed by atoms with van der Waals surface area (Å²) in [5.74, 6) is 0.634. The van der Waals surface area contributed by atoms with E-state index in [1.807, 2.05) is 7.11 Å². The Morgan fingerprint density at radius 1 is 1.27 bits per heavy atom. The summed E-state index contributed by atoms with van der Waals surface area (Å²) in [6.07, 6.45) is 2.31. The molecule has 1 fully saturated rings. The minimum atomic E-state index is 0.158. The van der Waals surface area contributed by atoms with Crippen molar-refractivity contribution < 1.29 is 4.74 Å². The van der Waals surface area contributed by atoms with Crippen molar-refractivity contribution in [2.45, 2.75) is 32.3 Å². The van der Waals surface area contributed by atoms with Crippen molar-refractivity contribution in [1.82, 2.24) is 5.32 Å². The van der Waals surface area contributed by atoms with Crippen LogP contribution in [0.5, 0.6) is 0 Å². The summed E-state index contributed by atoms with van der Waals surface area (Å²) in [7, 11) is 1.84. The normalized spacial score (nSPS) is 24.0. The van der Waals surface area contributed by atoms with Gasteiger partial charge in [0.05, 0.1) is 5.60 Å². The van der Waals surface area contributed by atoms with Gasteiger partial charge in [-0.3, -0.25) is 0 Å². The second-order valence-electron chi connectivity index (χ2n) is 3.67. The van der Waals surface area contributed by atoms with Gasteiger partial charge in [0.1, 0.15) is 0 Å². The third-order valence-electron chi connectivity index (χ3n) is 2.91. The van der Waals surface area contributed by atoms with Gasteiger partial charge in [0, 0.05) is 7.11 Å². The molecule has 2 heteroatoms. The lowest BCUT2D eigenvalue weighted by Gasteiger charge is -2.39. The van der Waals surface area contributed by atoms with E-state index in [0.717, 1.165) is 25.9 Å². The quantitative estimate of drug-likeness (QED) is 0.654. The van der Waals surface area contributed by atoms with E-state index in [1.165, 1.54) is 0 Å². The molecule has 0 aromatic rings. The van der Waals surface area contributed by atoms with Crippen molar-refractivity contribution in [1.29, 1.82) is 0 Å². The van der Waals surface area contributed by atoms with Crippen LogP contribution < -0.4 is 5.32 Å². The first-order chi connectivity index (χ1) is 5.21. The fourth-order valence-electron chi connectivity index (χ4n) is 1.87. The zero-order valence-corrected chi connectivity index (χ0v) is 7.81. The van der Waals surface area contributed by atoms with Gasteiger partial charge in [-0.15, -0.1) is 0 Å². The molecule has 11 heavy (non-hydrogen) atoms. The van der Waals surface area contributed by atoms with E-state index < -0.39 is 0 Å². The third-order valence-corrected chi connectivity index (χ3v) is 2.91. The average molecular weight is 157 g/mol. The van der Waals surface area contributed by atoms with Crippen molar-refractivity contribution in [2.24, 2.45) is 5.92 Å². The van der Waals surface area contributed by atoms with E-state index in [4.69, 9.17) is 4.74 Å². The molecule has 0 unspecified atom stereocenters. The van der Waals surface area contributed by atoms with Crippen molar-refractivity contribution in [3.05, 3.63) is 0 Å². The largest absolute Gasteiger partial charge is 0.378 e. The SMILES string of the molecule is COC1(C(C)C)CCNCC1. The summed E-state index contributed by atoms with van der Waals surface area (Å²) in [6.45, 7) is 6.70. The van der Waals surface area contributed by atoms with Crippen LogP contribution in [0.25, 0.3) is 0 Å². The van der Waals surface area contributed by atoms with E-state index in [0.29, 0.717) is 5.92 Å². The predicted molar refractivity (Wildman–Crippen MR) is 46.7 cm³/mol. The molecule has 66 valence electrons. The van der Waals surface area contributed by atoms with E-state index in [-0.39, 0.29) is 5.60 Å². The predicted octanol–water partition coefficient (Wildman–Crippen LogP) is 1.41. The lowest BCUT2D eigenvalue weighted by molar-refractivity contribution is -0.0689. The standard InChI is InChI=1S/C9H19NO/c1-8(2)9(11-3)4-6-10-7-5-9/h8,10H,4-7H2,1-3H3.